The molecule has 0 aliphatic heterocycles. The number of methoxy groups -OCH3 is 2. The molecule has 0 heterocycles. The minimum atomic E-state index is -0.110. The van der Waals surface area contributed by atoms with E-state index in [1.54, 1.807) is 39.4 Å². The Morgan fingerprint density at radius 2 is 1.77 bits per heavy atom. The maximum Gasteiger partial charge on any atom is 0.185 e. The Labute approximate surface area is 131 Å². The number of ketones is 1. The van der Waals surface area contributed by atoms with E-state index in [1.165, 1.54) is 12.3 Å². The first-order valence-electron chi connectivity index (χ1n) is 6.81. The number of ether oxygens (including phenoxy) is 2. The summed E-state index contributed by atoms with van der Waals surface area (Å²) >= 11 is 0. The lowest BCUT2D eigenvalue weighted by atomic mass is 10.1. The number of carbonyl (C=O) groups is 1. The van der Waals surface area contributed by atoms with Crippen molar-refractivity contribution in [2.24, 2.45) is 4.99 Å². The molecule has 0 atom stereocenters. The standard InChI is InChI=1S/C18H21NO3/c1-6-15(9-10-19-3)16(20)8-7-14-11-17(21-4)13(2)18(12-14)22-5/h6-12H,3H2,1-2,4-5H3/b8-7+,10-9-,15-6+. The number of aliphatic imine (C=N–C) groups is 1. The minimum absolute atomic E-state index is 0.110. The van der Waals surface area contributed by atoms with Crippen molar-refractivity contribution in [2.45, 2.75) is 13.8 Å². The predicted octanol–water partition coefficient (Wildman–Crippen LogP) is 3.76. The van der Waals surface area contributed by atoms with E-state index in [0.717, 1.165) is 11.1 Å². The molecule has 0 bridgehead atoms. The van der Waals surface area contributed by atoms with E-state index in [0.29, 0.717) is 17.1 Å². The molecule has 1 aromatic carbocycles. The molecule has 0 unspecified atom stereocenters. The number of rotatable bonds is 7. The third kappa shape index (κ3) is 4.45. The molecule has 116 valence electrons. The van der Waals surface area contributed by atoms with Crippen molar-refractivity contribution in [1.29, 1.82) is 0 Å². The largest absolute Gasteiger partial charge is 0.496 e. The van der Waals surface area contributed by atoms with Gasteiger partial charge in [0, 0.05) is 17.3 Å². The summed E-state index contributed by atoms with van der Waals surface area (Å²) in [7, 11) is 3.21. The Morgan fingerprint density at radius 3 is 2.23 bits per heavy atom. The van der Waals surface area contributed by atoms with Gasteiger partial charge >= 0.3 is 0 Å². The maximum absolute atomic E-state index is 12.1. The average molecular weight is 299 g/mol. The first-order chi connectivity index (χ1) is 10.6. The number of nitrogens with zero attached hydrogens (tertiary/aromatic N) is 1. The number of benzene rings is 1. The Morgan fingerprint density at radius 1 is 1.18 bits per heavy atom. The topological polar surface area (TPSA) is 47.9 Å². The molecule has 0 spiro atoms. The summed E-state index contributed by atoms with van der Waals surface area (Å²) in [6.07, 6.45) is 8.07. The molecule has 0 aromatic heterocycles. The van der Waals surface area contributed by atoms with Gasteiger partial charge in [-0.05, 0) is 50.4 Å². The summed E-state index contributed by atoms with van der Waals surface area (Å²) in [5, 5.41) is 0. The van der Waals surface area contributed by atoms with E-state index in [-0.39, 0.29) is 5.78 Å². The summed E-state index contributed by atoms with van der Waals surface area (Å²) in [6.45, 7) is 7.06. The number of hydrogen-bond acceptors (Lipinski definition) is 4. The van der Waals surface area contributed by atoms with Crippen LogP contribution in [0, 0.1) is 6.92 Å². The second kappa shape index (κ2) is 8.62. The third-order valence-corrected chi connectivity index (χ3v) is 3.16. The molecule has 0 fully saturated rings. The summed E-state index contributed by atoms with van der Waals surface area (Å²) < 4.78 is 10.6. The zero-order valence-electron chi connectivity index (χ0n) is 13.4. The van der Waals surface area contributed by atoms with E-state index in [9.17, 15) is 4.79 Å². The number of hydrogen-bond donors (Lipinski definition) is 0. The van der Waals surface area contributed by atoms with Crippen molar-refractivity contribution < 1.29 is 14.3 Å². The average Bonchev–Trinajstić information content (AvgIpc) is 2.54. The maximum atomic E-state index is 12.1. The molecule has 22 heavy (non-hydrogen) atoms. The van der Waals surface area contributed by atoms with Crippen LogP contribution in [0.4, 0.5) is 0 Å². The van der Waals surface area contributed by atoms with E-state index >= 15 is 0 Å². The molecule has 4 heteroatoms. The highest BCUT2D eigenvalue weighted by Crippen LogP contribution is 2.30. The van der Waals surface area contributed by atoms with E-state index in [4.69, 9.17) is 9.47 Å². The van der Waals surface area contributed by atoms with Gasteiger partial charge in [0.25, 0.3) is 0 Å². The van der Waals surface area contributed by atoms with Crippen LogP contribution >= 0.6 is 0 Å². The molecule has 0 aliphatic carbocycles. The van der Waals surface area contributed by atoms with Gasteiger partial charge in [-0.3, -0.25) is 9.79 Å². The normalized spacial score (nSPS) is 11.9. The van der Waals surface area contributed by atoms with Crippen molar-refractivity contribution in [3.63, 3.8) is 0 Å². The number of carbonyl (C=O) groups excluding carboxylic acids is 1. The molecular formula is C18H21NO3. The van der Waals surface area contributed by atoms with Gasteiger partial charge in [0.05, 0.1) is 14.2 Å². The van der Waals surface area contributed by atoms with Crippen molar-refractivity contribution in [3.8, 4) is 11.5 Å². The van der Waals surface area contributed by atoms with Crippen LogP contribution in [-0.4, -0.2) is 26.7 Å². The molecule has 1 rings (SSSR count). The second-order valence-electron chi connectivity index (χ2n) is 4.49. The smallest absolute Gasteiger partial charge is 0.185 e. The molecule has 0 saturated heterocycles. The first kappa shape index (κ1) is 17.4. The zero-order chi connectivity index (χ0) is 16.5. The van der Waals surface area contributed by atoms with Gasteiger partial charge in [0.2, 0.25) is 0 Å². The SMILES string of the molecule is C=N/C=C\C(=C/C)C(=O)/C=C/c1cc(OC)c(C)c(OC)c1. The van der Waals surface area contributed by atoms with Crippen LogP contribution in [0.5, 0.6) is 11.5 Å². The molecule has 0 N–H and O–H groups in total. The van der Waals surface area contributed by atoms with E-state index in [2.05, 4.69) is 11.7 Å². The summed E-state index contributed by atoms with van der Waals surface area (Å²) in [5.41, 5.74) is 2.30. The van der Waals surface area contributed by atoms with Gasteiger partial charge in [-0.1, -0.05) is 12.2 Å². The molecule has 0 saturated carbocycles. The summed E-state index contributed by atoms with van der Waals surface area (Å²) in [4.78, 5) is 15.7. The Hall–Kier alpha value is -2.62. The lowest BCUT2D eigenvalue weighted by Gasteiger charge is -2.10. The number of allylic oxidation sites excluding steroid dienone is 4. The molecule has 0 amide bonds. The molecule has 4 nitrogen and oxygen atoms in total. The molecule has 1 aromatic rings. The van der Waals surface area contributed by atoms with Gasteiger partial charge in [-0.25, -0.2) is 0 Å². The quantitative estimate of drug-likeness (QED) is 0.437. The lowest BCUT2D eigenvalue weighted by Crippen LogP contribution is -1.96. The molecule has 0 aliphatic rings. The van der Waals surface area contributed by atoms with Crippen LogP contribution < -0.4 is 9.47 Å². The summed E-state index contributed by atoms with van der Waals surface area (Å²) in [5.74, 6) is 1.32. The van der Waals surface area contributed by atoms with Crippen LogP contribution in [-0.2, 0) is 4.79 Å². The van der Waals surface area contributed by atoms with Crippen LogP contribution in [0.1, 0.15) is 18.1 Å². The van der Waals surface area contributed by atoms with Crippen LogP contribution in [0.2, 0.25) is 0 Å². The monoisotopic (exact) mass is 299 g/mol. The zero-order valence-corrected chi connectivity index (χ0v) is 13.4. The predicted molar refractivity (Wildman–Crippen MR) is 90.8 cm³/mol. The fraction of sp³-hybridized carbons (Fsp3) is 0.222. The fourth-order valence-electron chi connectivity index (χ4n) is 1.92. The highest BCUT2D eigenvalue weighted by Gasteiger charge is 2.07. The fourth-order valence-corrected chi connectivity index (χ4v) is 1.92. The van der Waals surface area contributed by atoms with Crippen LogP contribution in [0.3, 0.4) is 0 Å². The van der Waals surface area contributed by atoms with Crippen LogP contribution in [0.25, 0.3) is 6.08 Å². The van der Waals surface area contributed by atoms with Gasteiger partial charge in [0.15, 0.2) is 5.78 Å². The Bertz CT molecular complexity index is 615. The van der Waals surface area contributed by atoms with Gasteiger partial charge in [-0.15, -0.1) is 0 Å². The highest BCUT2D eigenvalue weighted by atomic mass is 16.5. The molecular weight excluding hydrogens is 278 g/mol. The second-order valence-corrected chi connectivity index (χ2v) is 4.49. The lowest BCUT2D eigenvalue weighted by molar-refractivity contribution is -0.111. The highest BCUT2D eigenvalue weighted by molar-refractivity contribution is 6.08. The van der Waals surface area contributed by atoms with Gasteiger partial charge < -0.3 is 9.47 Å². The summed E-state index contributed by atoms with van der Waals surface area (Å²) in [6, 6.07) is 3.72. The van der Waals surface area contributed by atoms with Gasteiger partial charge in [0.1, 0.15) is 11.5 Å². The first-order valence-corrected chi connectivity index (χ1v) is 6.81. The Balaban J connectivity index is 3.06. The van der Waals surface area contributed by atoms with Crippen molar-refractivity contribution >= 4 is 18.6 Å². The van der Waals surface area contributed by atoms with Crippen molar-refractivity contribution in [3.05, 3.63) is 53.3 Å². The third-order valence-electron chi connectivity index (χ3n) is 3.16. The van der Waals surface area contributed by atoms with Crippen LogP contribution in [0.15, 0.2) is 47.1 Å². The van der Waals surface area contributed by atoms with E-state index < -0.39 is 0 Å². The minimum Gasteiger partial charge on any atom is -0.496 e. The van der Waals surface area contributed by atoms with Crippen molar-refractivity contribution in [2.75, 3.05) is 14.2 Å². The Kier molecular flexibility index (Phi) is 6.83. The van der Waals surface area contributed by atoms with Crippen molar-refractivity contribution in [1.82, 2.24) is 0 Å². The van der Waals surface area contributed by atoms with Gasteiger partial charge in [-0.2, -0.15) is 0 Å². The van der Waals surface area contributed by atoms with E-state index in [1.807, 2.05) is 19.1 Å². The molecule has 0 radical (unpaired) electrons.